The minimum Gasteiger partial charge on any atom is -0.458 e. The van der Waals surface area contributed by atoms with Crippen LogP contribution in [0, 0.1) is 0 Å². The molecular weight excluding hydrogens is 438 g/mol. The van der Waals surface area contributed by atoms with Gasteiger partial charge < -0.3 is 4.74 Å². The fourth-order valence-electron chi connectivity index (χ4n) is 3.06. The minimum absolute atomic E-state index is 0.324. The second-order valence-electron chi connectivity index (χ2n) is 8.09. The maximum absolute atomic E-state index is 13.1. The third-order valence-corrected chi connectivity index (χ3v) is 4.93. The smallest absolute Gasteiger partial charge is 0.331 e. The van der Waals surface area contributed by atoms with E-state index in [9.17, 15) is 4.79 Å². The zero-order chi connectivity index (χ0) is 21.6. The molecule has 1 atom stereocenters. The van der Waals surface area contributed by atoms with Crippen LogP contribution in [0.15, 0.2) is 94.4 Å². The molecule has 0 heterocycles. The molecule has 0 saturated heterocycles. The number of rotatable bonds is 6. The monoisotopic (exact) mass is 463 g/mol. The van der Waals surface area contributed by atoms with E-state index in [1.807, 2.05) is 106 Å². The fraction of sp³-hybridized carbons (Fsp3) is 0.231. The summed E-state index contributed by atoms with van der Waals surface area (Å²) < 4.78 is 6.71. The molecule has 0 amide bonds. The highest BCUT2D eigenvalue weighted by Crippen LogP contribution is 2.19. The van der Waals surface area contributed by atoms with Gasteiger partial charge in [-0.15, -0.1) is 0 Å². The van der Waals surface area contributed by atoms with Crippen LogP contribution in [-0.4, -0.2) is 23.3 Å². The van der Waals surface area contributed by atoms with E-state index < -0.39 is 11.6 Å². The lowest BCUT2D eigenvalue weighted by molar-refractivity contribution is -0.156. The Hall–Kier alpha value is -2.72. The summed E-state index contributed by atoms with van der Waals surface area (Å²) in [6.07, 6.45) is 0.464. The first-order valence-corrected chi connectivity index (χ1v) is 10.8. The lowest BCUT2D eigenvalue weighted by Crippen LogP contribution is -2.33. The van der Waals surface area contributed by atoms with Gasteiger partial charge in [0.1, 0.15) is 5.60 Å². The zero-order valence-electron chi connectivity index (χ0n) is 17.5. The number of carbonyl (C=O) groups excluding carboxylic acids is 1. The zero-order valence-corrected chi connectivity index (χ0v) is 19.1. The molecule has 0 aliphatic heterocycles. The first kappa shape index (κ1) is 22.0. The van der Waals surface area contributed by atoms with Crippen molar-refractivity contribution in [1.82, 2.24) is 0 Å². The number of carbonyl (C=O) groups is 1. The summed E-state index contributed by atoms with van der Waals surface area (Å²) in [7, 11) is 0. The minimum atomic E-state index is -0.652. The van der Waals surface area contributed by atoms with Crippen molar-refractivity contribution in [2.24, 2.45) is 4.99 Å². The van der Waals surface area contributed by atoms with Crippen molar-refractivity contribution in [3.8, 4) is 0 Å². The second kappa shape index (κ2) is 9.86. The summed E-state index contributed by atoms with van der Waals surface area (Å²) in [6, 6.07) is 27.2. The van der Waals surface area contributed by atoms with Gasteiger partial charge in [0, 0.05) is 22.0 Å². The van der Waals surface area contributed by atoms with Crippen LogP contribution in [0.1, 0.15) is 37.5 Å². The number of esters is 1. The lowest BCUT2D eigenvalue weighted by Gasteiger charge is -2.23. The van der Waals surface area contributed by atoms with Gasteiger partial charge in [0.15, 0.2) is 6.04 Å². The number of halogens is 1. The SMILES string of the molecule is CC(C)(C)OC(=O)[C@@H](Cc1ccc(Br)cc1)N=C(c1ccccc1)c1ccccc1. The first-order valence-electron chi connectivity index (χ1n) is 9.98. The van der Waals surface area contributed by atoms with E-state index in [4.69, 9.17) is 9.73 Å². The number of ether oxygens (including phenoxy) is 1. The molecule has 3 aromatic carbocycles. The van der Waals surface area contributed by atoms with Crippen LogP contribution in [0.4, 0.5) is 0 Å². The predicted molar refractivity (Wildman–Crippen MR) is 126 cm³/mol. The number of aliphatic imine (C=N–C) groups is 1. The summed E-state index contributed by atoms with van der Waals surface area (Å²) in [4.78, 5) is 18.0. The van der Waals surface area contributed by atoms with E-state index in [2.05, 4.69) is 15.9 Å². The number of hydrogen-bond donors (Lipinski definition) is 0. The summed E-state index contributed by atoms with van der Waals surface area (Å²) >= 11 is 3.46. The number of benzene rings is 3. The van der Waals surface area contributed by atoms with E-state index in [1.165, 1.54) is 0 Å². The Bertz CT molecular complexity index is 949. The largest absolute Gasteiger partial charge is 0.458 e. The Balaban J connectivity index is 2.05. The Morgan fingerprint density at radius 3 is 1.83 bits per heavy atom. The fourth-order valence-corrected chi connectivity index (χ4v) is 3.32. The molecule has 0 radical (unpaired) electrons. The normalized spacial score (nSPS) is 12.1. The maximum Gasteiger partial charge on any atom is 0.331 e. The van der Waals surface area contributed by atoms with Crippen LogP contribution >= 0.6 is 15.9 Å². The molecule has 0 unspecified atom stereocenters. The second-order valence-corrected chi connectivity index (χ2v) is 9.01. The molecule has 3 rings (SSSR count). The van der Waals surface area contributed by atoms with Gasteiger partial charge in [0.25, 0.3) is 0 Å². The van der Waals surface area contributed by atoms with Gasteiger partial charge >= 0.3 is 5.97 Å². The summed E-state index contributed by atoms with van der Waals surface area (Å²) in [5.74, 6) is -0.324. The molecule has 4 heteroatoms. The highest BCUT2D eigenvalue weighted by Gasteiger charge is 2.26. The quantitative estimate of drug-likeness (QED) is 0.320. The molecular formula is C26H26BrNO2. The molecule has 0 bridgehead atoms. The van der Waals surface area contributed by atoms with E-state index in [0.29, 0.717) is 6.42 Å². The third-order valence-electron chi connectivity index (χ3n) is 4.40. The van der Waals surface area contributed by atoms with Crippen molar-refractivity contribution in [3.05, 3.63) is 106 Å². The summed E-state index contributed by atoms with van der Waals surface area (Å²) in [6.45, 7) is 5.63. The van der Waals surface area contributed by atoms with Crippen molar-refractivity contribution in [1.29, 1.82) is 0 Å². The first-order chi connectivity index (χ1) is 14.3. The molecule has 0 aromatic heterocycles. The van der Waals surface area contributed by atoms with Crippen LogP contribution in [0.5, 0.6) is 0 Å². The van der Waals surface area contributed by atoms with Crippen LogP contribution in [0.2, 0.25) is 0 Å². The van der Waals surface area contributed by atoms with E-state index in [0.717, 1.165) is 26.9 Å². The van der Waals surface area contributed by atoms with Gasteiger partial charge in [0.05, 0.1) is 5.71 Å². The summed E-state index contributed by atoms with van der Waals surface area (Å²) in [5, 5.41) is 0. The molecule has 3 nitrogen and oxygen atoms in total. The van der Waals surface area contributed by atoms with Gasteiger partial charge in [-0.1, -0.05) is 88.7 Å². The standard InChI is InChI=1S/C26H26BrNO2/c1-26(2,3)30-25(29)23(18-19-14-16-22(27)17-15-19)28-24(20-10-6-4-7-11-20)21-12-8-5-9-13-21/h4-17,23H,18H2,1-3H3/t23-/m1/s1. The van der Waals surface area contributed by atoms with E-state index in [1.54, 1.807) is 0 Å². The molecule has 30 heavy (non-hydrogen) atoms. The molecule has 0 saturated carbocycles. The average Bonchev–Trinajstić information content (AvgIpc) is 2.72. The average molecular weight is 464 g/mol. The van der Waals surface area contributed by atoms with E-state index >= 15 is 0 Å². The van der Waals surface area contributed by atoms with Crippen LogP contribution in [0.25, 0.3) is 0 Å². The molecule has 3 aromatic rings. The molecule has 0 fully saturated rings. The lowest BCUT2D eigenvalue weighted by atomic mass is 10.0. The Morgan fingerprint density at radius 1 is 0.867 bits per heavy atom. The molecule has 0 aliphatic rings. The molecule has 0 N–H and O–H groups in total. The van der Waals surface area contributed by atoms with Gasteiger partial charge in [-0.05, 0) is 38.5 Å². The van der Waals surface area contributed by atoms with Gasteiger partial charge in [-0.25, -0.2) is 4.79 Å². The topological polar surface area (TPSA) is 38.7 Å². The van der Waals surface area contributed by atoms with Gasteiger partial charge in [-0.2, -0.15) is 0 Å². The van der Waals surface area contributed by atoms with Crippen LogP contribution in [-0.2, 0) is 16.0 Å². The molecule has 0 spiro atoms. The van der Waals surface area contributed by atoms with Crippen molar-refractivity contribution >= 4 is 27.6 Å². The van der Waals surface area contributed by atoms with Gasteiger partial charge in [0.2, 0.25) is 0 Å². The Kier molecular flexibility index (Phi) is 7.22. The van der Waals surface area contributed by atoms with Crippen molar-refractivity contribution in [3.63, 3.8) is 0 Å². The highest BCUT2D eigenvalue weighted by molar-refractivity contribution is 9.10. The van der Waals surface area contributed by atoms with Crippen molar-refractivity contribution in [2.75, 3.05) is 0 Å². The number of nitrogens with zero attached hydrogens (tertiary/aromatic N) is 1. The Labute approximate surface area is 187 Å². The molecule has 0 aliphatic carbocycles. The Morgan fingerprint density at radius 2 is 1.37 bits per heavy atom. The van der Waals surface area contributed by atoms with Gasteiger partial charge in [-0.3, -0.25) is 4.99 Å². The summed E-state index contributed by atoms with van der Waals surface area (Å²) in [5.41, 5.74) is 3.16. The third kappa shape index (κ3) is 6.39. The van der Waals surface area contributed by atoms with Crippen molar-refractivity contribution < 1.29 is 9.53 Å². The highest BCUT2D eigenvalue weighted by atomic mass is 79.9. The van der Waals surface area contributed by atoms with Crippen molar-refractivity contribution in [2.45, 2.75) is 38.8 Å². The van der Waals surface area contributed by atoms with E-state index in [-0.39, 0.29) is 5.97 Å². The maximum atomic E-state index is 13.1. The van der Waals surface area contributed by atoms with Crippen LogP contribution < -0.4 is 0 Å². The number of hydrogen-bond acceptors (Lipinski definition) is 3. The predicted octanol–water partition coefficient (Wildman–Crippen LogP) is 6.24. The molecule has 154 valence electrons. The van der Waals surface area contributed by atoms with Crippen LogP contribution in [0.3, 0.4) is 0 Å².